The lowest BCUT2D eigenvalue weighted by molar-refractivity contribution is 0.0631. The fraction of sp³-hybridized carbons (Fsp3) is 1.00. The molecule has 0 spiro atoms. The molecule has 9 aliphatic rings. The maximum absolute atomic E-state index is 2.61. The summed E-state index contributed by atoms with van der Waals surface area (Å²) < 4.78 is 0. The topological polar surface area (TPSA) is 0 Å². The van der Waals surface area contributed by atoms with Crippen LogP contribution in [0.15, 0.2) is 0 Å². The third kappa shape index (κ3) is 39.3. The SMILES string of the molecule is CC(C)(C)C1(C)CCC[Si](C)(C)C1.CC(C)(C)C1(C)CC[Si](C)(C)CC1.CC1(C)CCC[Si](C)(C)C1.CC1(C)CC[Si](C)(C)CC1.CCC1(C(C)(C)C)CC[Si](C)(C)CC1.CCC1(C)CCC[Si](C)(C)C1.CCC1(C)CC[Si](C)(C)CC1.CCC1(C)C[Si](C)(C)C[Si](C)(C)C1.CCC1(C)C[Si](C)(C)C[Si](C)(C)C1. The molecule has 648 valence electrons. The Labute approximate surface area is 700 Å². The van der Waals surface area contributed by atoms with Crippen LogP contribution >= 0.6 is 0 Å². The van der Waals surface area contributed by atoms with Crippen molar-refractivity contribution in [3.8, 4) is 0 Å². The summed E-state index contributed by atoms with van der Waals surface area (Å²) in [7, 11) is -8.50. The molecule has 108 heavy (non-hydrogen) atoms. The van der Waals surface area contributed by atoms with E-state index >= 15 is 0 Å². The maximum atomic E-state index is 2.61. The largest absolute Gasteiger partial charge is 0.0695 e. The Balaban J connectivity index is 0.000000609. The Bertz CT molecular complexity index is 2460. The van der Waals surface area contributed by atoms with Crippen LogP contribution < -0.4 is 0 Å². The Hall–Kier alpha value is 2.39. The molecule has 0 aromatic heterocycles. The molecular formula is C97H216Si11. The normalized spacial score (nSPS) is 30.3. The molecule has 0 amide bonds. The molecule has 0 saturated carbocycles. The van der Waals surface area contributed by atoms with Gasteiger partial charge >= 0.3 is 0 Å². The predicted molar refractivity (Wildman–Crippen MR) is 542 cm³/mol. The molecule has 9 fully saturated rings. The average molecular weight is 1690 g/mol. The minimum atomic E-state index is -0.836. The van der Waals surface area contributed by atoms with Crippen LogP contribution in [0.2, 0.25) is 264 Å². The molecular weight excluding hydrogens is 1470 g/mol. The van der Waals surface area contributed by atoms with E-state index in [1.165, 1.54) is 128 Å². The second-order valence-corrected chi connectivity index (χ2v) is 115. The fourth-order valence-corrected chi connectivity index (χ4v) is 82.1. The highest BCUT2D eigenvalue weighted by Crippen LogP contribution is 2.57. The fourth-order valence-electron chi connectivity index (χ4n) is 24.8. The van der Waals surface area contributed by atoms with Crippen molar-refractivity contribution < 1.29 is 0 Å². The first kappa shape index (κ1) is 108. The molecule has 0 bridgehead atoms. The zero-order valence-corrected chi connectivity index (χ0v) is 96.1. The number of rotatable bonds is 5. The van der Waals surface area contributed by atoms with Gasteiger partial charge in [0, 0.05) is 88.8 Å². The van der Waals surface area contributed by atoms with Gasteiger partial charge in [-0.25, -0.2) is 0 Å². The maximum Gasteiger partial charge on any atom is 0.0479 e. The van der Waals surface area contributed by atoms with Crippen molar-refractivity contribution in [2.75, 3.05) is 0 Å². The molecule has 0 N–H and O–H groups in total. The van der Waals surface area contributed by atoms with Gasteiger partial charge in [0.05, 0.1) is 0 Å². The van der Waals surface area contributed by atoms with E-state index in [4.69, 9.17) is 0 Å². The summed E-state index contributed by atoms with van der Waals surface area (Å²) in [6.45, 7) is 115. The van der Waals surface area contributed by atoms with E-state index in [0.29, 0.717) is 65.0 Å². The van der Waals surface area contributed by atoms with Crippen molar-refractivity contribution in [2.24, 2.45) is 65.0 Å². The molecule has 0 aromatic carbocycles. The molecule has 0 aromatic rings. The average Bonchev–Trinajstić information content (AvgIpc) is 0.795. The Morgan fingerprint density at radius 2 is 0.472 bits per heavy atom. The molecule has 9 rings (SSSR count). The van der Waals surface area contributed by atoms with Gasteiger partial charge in [-0.05, 0) is 116 Å². The highest BCUT2D eigenvalue weighted by Gasteiger charge is 2.50. The predicted octanol–water partition coefficient (Wildman–Crippen LogP) is 37.6. The zero-order chi connectivity index (χ0) is 85.1. The summed E-state index contributed by atoms with van der Waals surface area (Å²) in [5.41, 5.74) is 10.9. The van der Waals surface area contributed by atoms with Gasteiger partial charge in [-0.3, -0.25) is 0 Å². The third-order valence-electron chi connectivity index (χ3n) is 33.5. The van der Waals surface area contributed by atoms with Gasteiger partial charge in [-0.1, -0.05) is 501 Å². The molecule has 9 heterocycles. The van der Waals surface area contributed by atoms with Crippen molar-refractivity contribution in [1.29, 1.82) is 0 Å². The van der Waals surface area contributed by atoms with E-state index < -0.39 is 88.8 Å². The van der Waals surface area contributed by atoms with Crippen molar-refractivity contribution in [3.05, 3.63) is 0 Å². The van der Waals surface area contributed by atoms with Crippen molar-refractivity contribution in [3.63, 3.8) is 0 Å². The zero-order valence-electron chi connectivity index (χ0n) is 85.1. The molecule has 2 unspecified atom stereocenters. The Kier molecular flexibility index (Phi) is 40.1. The van der Waals surface area contributed by atoms with E-state index in [9.17, 15) is 0 Å². The van der Waals surface area contributed by atoms with Gasteiger partial charge in [-0.2, -0.15) is 0 Å². The van der Waals surface area contributed by atoms with Gasteiger partial charge in [0.2, 0.25) is 0 Å². The summed E-state index contributed by atoms with van der Waals surface area (Å²) in [6, 6.07) is 28.1. The summed E-state index contributed by atoms with van der Waals surface area (Å²) in [4.78, 5) is 0. The van der Waals surface area contributed by atoms with E-state index in [1.807, 2.05) is 0 Å². The molecule has 11 heteroatoms. The van der Waals surface area contributed by atoms with Crippen LogP contribution in [0.3, 0.4) is 0 Å². The summed E-state index contributed by atoms with van der Waals surface area (Å²) >= 11 is 0. The van der Waals surface area contributed by atoms with Crippen LogP contribution in [-0.2, 0) is 0 Å². The second kappa shape index (κ2) is 39.9. The standard InChI is InChI=1S/C13H28Si.2C12H26Si.2C11H26Si2.2C10H22Si.2C9H20Si/c1-7-13(12(2,3)4)8-10-14(5,6)11-9-13;1-11(2,3)12(4)7-9-13(5,6)10-8-12;1-11(2,3)12(4)8-7-9-13(5,6)10-12;2*1-7-11(2)8-12(3,4)10-13(5,6)9-11;1-5-10(2)6-8-11(3,4)9-7-10;1-5-10(2)7-6-8-11(3,4)9-10;1-9(2)5-7-10(3,4)8-6-9;1-9(2)6-5-7-10(3,4)8-9/h7-11H2,1-6H3;4*7-10H2,1-6H3;2*5-9H2,1-4H3;2*5-8H2,1-4H3. The quantitative estimate of drug-likeness (QED) is 0.241. The summed E-state index contributed by atoms with van der Waals surface area (Å²) in [5, 5.41) is 0. The van der Waals surface area contributed by atoms with Crippen molar-refractivity contribution >= 4 is 88.8 Å². The summed E-state index contributed by atoms with van der Waals surface area (Å²) in [6.07, 6.45) is 27.7. The molecule has 0 aliphatic carbocycles. The minimum Gasteiger partial charge on any atom is -0.0695 e. The molecule has 9 aliphatic heterocycles. The second-order valence-electron chi connectivity index (χ2n) is 56.4. The van der Waals surface area contributed by atoms with Gasteiger partial charge in [-0.15, -0.1) is 0 Å². The van der Waals surface area contributed by atoms with Crippen LogP contribution in [0, 0.1) is 65.0 Å². The third-order valence-corrected chi connectivity index (χ3v) is 79.5. The first-order chi connectivity index (χ1) is 47.7. The minimum absolute atomic E-state index is 0.498. The monoisotopic (exact) mass is 1690 g/mol. The Morgan fingerprint density at radius 1 is 0.204 bits per heavy atom. The molecule has 9 saturated heterocycles. The van der Waals surface area contributed by atoms with Crippen molar-refractivity contribution in [2.45, 2.75) is 552 Å². The van der Waals surface area contributed by atoms with Crippen LogP contribution in [0.4, 0.5) is 0 Å². The van der Waals surface area contributed by atoms with Gasteiger partial charge in [0.15, 0.2) is 0 Å². The smallest absolute Gasteiger partial charge is 0.0479 e. The van der Waals surface area contributed by atoms with E-state index in [0.717, 1.165) is 0 Å². The van der Waals surface area contributed by atoms with E-state index in [2.05, 4.69) is 310 Å². The van der Waals surface area contributed by atoms with E-state index in [1.54, 1.807) is 114 Å². The van der Waals surface area contributed by atoms with Gasteiger partial charge in [0.25, 0.3) is 0 Å². The lowest BCUT2D eigenvalue weighted by Crippen LogP contribution is -2.50. The van der Waals surface area contributed by atoms with Crippen LogP contribution in [0.5, 0.6) is 0 Å². The summed E-state index contributed by atoms with van der Waals surface area (Å²) in [5.74, 6) is 0. The van der Waals surface area contributed by atoms with Gasteiger partial charge < -0.3 is 0 Å². The molecule has 2 atom stereocenters. The Morgan fingerprint density at radius 3 is 0.704 bits per heavy atom. The lowest BCUT2D eigenvalue weighted by Gasteiger charge is -2.50. The van der Waals surface area contributed by atoms with Crippen LogP contribution in [-0.4, -0.2) is 88.8 Å². The highest BCUT2D eigenvalue weighted by molar-refractivity contribution is 6.97. The van der Waals surface area contributed by atoms with Crippen LogP contribution in [0.25, 0.3) is 0 Å². The first-order valence-electron chi connectivity index (χ1n) is 47.7. The number of hydrogen-bond donors (Lipinski definition) is 0. The van der Waals surface area contributed by atoms with Gasteiger partial charge in [0.1, 0.15) is 0 Å². The highest BCUT2D eigenvalue weighted by atomic mass is 28.4. The number of hydrogen-bond acceptors (Lipinski definition) is 0. The van der Waals surface area contributed by atoms with Crippen LogP contribution in [0.1, 0.15) is 288 Å². The van der Waals surface area contributed by atoms with Crippen molar-refractivity contribution in [1.82, 2.24) is 0 Å². The first-order valence-corrected chi connectivity index (χ1v) is 85.3. The lowest BCUT2D eigenvalue weighted by atomic mass is 9.61. The molecule has 0 nitrogen and oxygen atoms in total. The van der Waals surface area contributed by atoms with E-state index in [-0.39, 0.29) is 0 Å². The molecule has 0 radical (unpaired) electrons.